The van der Waals surface area contributed by atoms with E-state index in [1.165, 1.54) is 0 Å². The molecule has 4 heteroatoms. The Morgan fingerprint density at radius 3 is 3.00 bits per heavy atom. The van der Waals surface area contributed by atoms with Crippen molar-refractivity contribution in [2.45, 2.75) is 25.3 Å². The normalized spacial score (nSPS) is 26.2. The summed E-state index contributed by atoms with van der Waals surface area (Å²) < 4.78 is 0. The number of Topliss-reactive ketones (excluding diaryl/α,β-unsaturated/α-hetero) is 1. The van der Waals surface area contributed by atoms with Gasteiger partial charge in [0.25, 0.3) is 0 Å². The molecule has 1 rings (SSSR count). The first-order valence-electron chi connectivity index (χ1n) is 3.68. The highest BCUT2D eigenvalue weighted by atomic mass is 16.4. The molecule has 0 saturated carbocycles. The van der Waals surface area contributed by atoms with E-state index in [1.54, 1.807) is 0 Å². The lowest BCUT2D eigenvalue weighted by molar-refractivity contribution is -0.140. The quantitative estimate of drug-likeness (QED) is 0.552. The molecule has 1 fully saturated rings. The Morgan fingerprint density at radius 1 is 1.64 bits per heavy atom. The number of carbonyl (C=O) groups excluding carboxylic acids is 1. The monoisotopic (exact) mass is 157 g/mol. The summed E-state index contributed by atoms with van der Waals surface area (Å²) in [6.07, 6.45) is 1.40. The van der Waals surface area contributed by atoms with Crippen LogP contribution in [-0.4, -0.2) is 29.4 Å². The Bertz CT molecular complexity index is 179. The summed E-state index contributed by atoms with van der Waals surface area (Å²) >= 11 is 0. The topological polar surface area (TPSA) is 66.4 Å². The van der Waals surface area contributed by atoms with Crippen LogP contribution in [0.25, 0.3) is 0 Å². The fourth-order valence-corrected chi connectivity index (χ4v) is 1.14. The molecular formula is C7H11NO3. The predicted octanol–water partition coefficient (Wildman–Crippen LogP) is -0.218. The van der Waals surface area contributed by atoms with Crippen LogP contribution >= 0.6 is 0 Å². The van der Waals surface area contributed by atoms with Gasteiger partial charge in [0.15, 0.2) is 0 Å². The summed E-state index contributed by atoms with van der Waals surface area (Å²) in [6.45, 7) is 0.628. The zero-order valence-electron chi connectivity index (χ0n) is 6.17. The van der Waals surface area contributed by atoms with Crippen molar-refractivity contribution in [1.82, 2.24) is 5.32 Å². The highest BCUT2D eigenvalue weighted by Gasteiger charge is 2.22. The lowest BCUT2D eigenvalue weighted by Gasteiger charge is -2.07. The van der Waals surface area contributed by atoms with Crippen LogP contribution in [0.5, 0.6) is 0 Å². The maximum absolute atomic E-state index is 10.9. The van der Waals surface area contributed by atoms with E-state index in [4.69, 9.17) is 5.11 Å². The molecule has 0 spiro atoms. The number of rotatable bonds is 1. The SMILES string of the molecule is O=C1CCCNC(C(=O)O)C1. The Balaban J connectivity index is 2.52. The molecular weight excluding hydrogens is 146 g/mol. The van der Waals surface area contributed by atoms with Crippen molar-refractivity contribution in [1.29, 1.82) is 0 Å². The molecule has 1 unspecified atom stereocenters. The molecule has 0 bridgehead atoms. The highest BCUT2D eigenvalue weighted by Crippen LogP contribution is 2.04. The van der Waals surface area contributed by atoms with Crippen LogP contribution in [0, 0.1) is 0 Å². The number of ketones is 1. The lowest BCUT2D eigenvalue weighted by Crippen LogP contribution is -2.36. The van der Waals surface area contributed by atoms with Gasteiger partial charge in [-0.05, 0) is 13.0 Å². The minimum Gasteiger partial charge on any atom is -0.480 e. The van der Waals surface area contributed by atoms with E-state index in [9.17, 15) is 9.59 Å². The summed E-state index contributed by atoms with van der Waals surface area (Å²) in [5, 5.41) is 11.4. The smallest absolute Gasteiger partial charge is 0.321 e. The van der Waals surface area contributed by atoms with Crippen molar-refractivity contribution in [3.8, 4) is 0 Å². The maximum atomic E-state index is 10.9. The van der Waals surface area contributed by atoms with Gasteiger partial charge in [-0.1, -0.05) is 0 Å². The first-order chi connectivity index (χ1) is 5.20. The summed E-state index contributed by atoms with van der Waals surface area (Å²) in [6, 6.07) is -0.662. The second-order valence-corrected chi connectivity index (χ2v) is 2.69. The van der Waals surface area contributed by atoms with Gasteiger partial charge in [0, 0.05) is 12.8 Å². The Hall–Kier alpha value is -0.900. The Kier molecular flexibility index (Phi) is 2.59. The van der Waals surface area contributed by atoms with Gasteiger partial charge in [-0.3, -0.25) is 9.59 Å². The molecule has 62 valence electrons. The first kappa shape index (κ1) is 8.20. The van der Waals surface area contributed by atoms with E-state index in [2.05, 4.69) is 5.32 Å². The average Bonchev–Trinajstić information content (AvgIpc) is 2.13. The van der Waals surface area contributed by atoms with Gasteiger partial charge >= 0.3 is 5.97 Å². The number of nitrogens with one attached hydrogen (secondary N) is 1. The number of hydrogen-bond acceptors (Lipinski definition) is 3. The third-order valence-electron chi connectivity index (χ3n) is 1.75. The van der Waals surface area contributed by atoms with Crippen LogP contribution in [0.1, 0.15) is 19.3 Å². The molecule has 0 aromatic heterocycles. The highest BCUT2D eigenvalue weighted by molar-refractivity contribution is 5.86. The molecule has 2 N–H and O–H groups in total. The van der Waals surface area contributed by atoms with Crippen molar-refractivity contribution >= 4 is 11.8 Å². The minimum absolute atomic E-state index is 0.0439. The average molecular weight is 157 g/mol. The second-order valence-electron chi connectivity index (χ2n) is 2.69. The Morgan fingerprint density at radius 2 is 2.36 bits per heavy atom. The van der Waals surface area contributed by atoms with Crippen molar-refractivity contribution in [2.75, 3.05) is 6.54 Å². The van der Waals surface area contributed by atoms with Crippen LogP contribution in [-0.2, 0) is 9.59 Å². The van der Waals surface area contributed by atoms with Gasteiger partial charge in [0.1, 0.15) is 11.8 Å². The van der Waals surface area contributed by atoms with Crippen molar-refractivity contribution in [2.24, 2.45) is 0 Å². The maximum Gasteiger partial charge on any atom is 0.321 e. The molecule has 1 atom stereocenters. The van der Waals surface area contributed by atoms with Crippen LogP contribution < -0.4 is 5.32 Å². The number of hydrogen-bond donors (Lipinski definition) is 2. The van der Waals surface area contributed by atoms with Crippen molar-refractivity contribution in [3.63, 3.8) is 0 Å². The van der Waals surface area contributed by atoms with Crippen LogP contribution in [0.15, 0.2) is 0 Å². The largest absolute Gasteiger partial charge is 0.480 e. The standard InChI is InChI=1S/C7H11NO3/c9-5-2-1-3-8-6(4-5)7(10)11/h6,8H,1-4H2,(H,10,11). The van der Waals surface area contributed by atoms with Crippen molar-refractivity contribution in [3.05, 3.63) is 0 Å². The molecule has 1 aliphatic rings. The third-order valence-corrected chi connectivity index (χ3v) is 1.75. The van der Waals surface area contributed by atoms with Gasteiger partial charge < -0.3 is 10.4 Å². The fourth-order valence-electron chi connectivity index (χ4n) is 1.14. The van der Waals surface area contributed by atoms with E-state index in [0.29, 0.717) is 13.0 Å². The van der Waals surface area contributed by atoms with Crippen LogP contribution in [0.4, 0.5) is 0 Å². The molecule has 4 nitrogen and oxygen atoms in total. The van der Waals surface area contributed by atoms with E-state index >= 15 is 0 Å². The minimum atomic E-state index is -0.930. The first-order valence-corrected chi connectivity index (χ1v) is 3.68. The van der Waals surface area contributed by atoms with Gasteiger partial charge in [-0.15, -0.1) is 0 Å². The predicted molar refractivity (Wildman–Crippen MR) is 38.3 cm³/mol. The second kappa shape index (κ2) is 3.48. The summed E-state index contributed by atoms with van der Waals surface area (Å²) in [5.41, 5.74) is 0. The number of carboxylic acids is 1. The number of aliphatic carboxylic acids is 1. The molecule has 11 heavy (non-hydrogen) atoms. The Labute approximate surface area is 64.6 Å². The molecule has 0 aliphatic carbocycles. The van der Waals surface area contributed by atoms with E-state index in [1.807, 2.05) is 0 Å². The fraction of sp³-hybridized carbons (Fsp3) is 0.714. The molecule has 0 aromatic carbocycles. The summed E-state index contributed by atoms with van der Waals surface area (Å²) in [4.78, 5) is 21.3. The van der Waals surface area contributed by atoms with E-state index < -0.39 is 12.0 Å². The molecule has 0 aromatic rings. The van der Waals surface area contributed by atoms with Crippen LogP contribution in [0.2, 0.25) is 0 Å². The molecule has 0 radical (unpaired) electrons. The van der Waals surface area contributed by atoms with Crippen LogP contribution in [0.3, 0.4) is 0 Å². The summed E-state index contributed by atoms with van der Waals surface area (Å²) in [5.74, 6) is -0.886. The van der Waals surface area contributed by atoms with Gasteiger partial charge in [0.2, 0.25) is 0 Å². The zero-order chi connectivity index (χ0) is 8.27. The summed E-state index contributed by atoms with van der Waals surface area (Å²) in [7, 11) is 0. The number of carboxylic acid groups (broad SMARTS) is 1. The molecule has 1 aliphatic heterocycles. The van der Waals surface area contributed by atoms with E-state index in [-0.39, 0.29) is 12.2 Å². The van der Waals surface area contributed by atoms with E-state index in [0.717, 1.165) is 6.42 Å². The van der Waals surface area contributed by atoms with Gasteiger partial charge in [-0.2, -0.15) is 0 Å². The van der Waals surface area contributed by atoms with Gasteiger partial charge in [0.05, 0.1) is 0 Å². The lowest BCUT2D eigenvalue weighted by atomic mass is 10.1. The zero-order valence-corrected chi connectivity index (χ0v) is 6.17. The van der Waals surface area contributed by atoms with Crippen molar-refractivity contribution < 1.29 is 14.7 Å². The molecule has 1 heterocycles. The molecule has 0 amide bonds. The number of carbonyl (C=O) groups is 2. The molecule has 1 saturated heterocycles. The van der Waals surface area contributed by atoms with Gasteiger partial charge in [-0.25, -0.2) is 0 Å². The third kappa shape index (κ3) is 2.31.